The Labute approximate surface area is 150 Å². The van der Waals surface area contributed by atoms with Crippen LogP contribution in [-0.4, -0.2) is 46.8 Å². The lowest BCUT2D eigenvalue weighted by Crippen LogP contribution is -2.49. The van der Waals surface area contributed by atoms with Crippen LogP contribution in [0.4, 0.5) is 0 Å². The molecule has 3 heterocycles. The van der Waals surface area contributed by atoms with E-state index < -0.39 is 0 Å². The van der Waals surface area contributed by atoms with Gasteiger partial charge in [-0.2, -0.15) is 0 Å². The number of aromatic nitrogens is 2. The molecule has 0 amide bonds. The molecule has 138 valence electrons. The second-order valence-electron chi connectivity index (χ2n) is 6.91. The van der Waals surface area contributed by atoms with Gasteiger partial charge in [-0.3, -0.25) is 4.90 Å². The van der Waals surface area contributed by atoms with E-state index in [1.807, 2.05) is 26.4 Å². The summed E-state index contributed by atoms with van der Waals surface area (Å²) >= 11 is 0. The lowest BCUT2D eigenvalue weighted by Gasteiger charge is -2.41. The smallest absolute Gasteiger partial charge is 0.105 e. The highest BCUT2D eigenvalue weighted by molar-refractivity contribution is 5.23. The van der Waals surface area contributed by atoms with Crippen molar-refractivity contribution in [1.29, 1.82) is 0 Å². The predicted molar refractivity (Wildman–Crippen MR) is 97.5 cm³/mol. The molecule has 2 aromatic rings. The fourth-order valence-corrected chi connectivity index (χ4v) is 3.83. The lowest BCUT2D eigenvalue weighted by atomic mass is 10.0. The number of likely N-dealkylation sites (N-methyl/N-ethyl adjacent to an activating group) is 1. The van der Waals surface area contributed by atoms with Gasteiger partial charge in [0, 0.05) is 37.9 Å². The number of nitrogens with one attached hydrogen (secondary N) is 1. The van der Waals surface area contributed by atoms with Crippen LogP contribution in [-0.2, 0) is 11.8 Å². The van der Waals surface area contributed by atoms with Crippen LogP contribution in [0.15, 0.2) is 23.0 Å². The zero-order valence-electron chi connectivity index (χ0n) is 16.0. The first-order valence-corrected chi connectivity index (χ1v) is 9.13. The SMILES string of the molecule is CCN1CCO[C@@H](CNC(C)c2cc(C)oc2C)[C@@H]1c1cncn1C. The molecule has 1 aliphatic rings. The van der Waals surface area contributed by atoms with Gasteiger partial charge in [0.1, 0.15) is 11.5 Å². The van der Waals surface area contributed by atoms with Crippen LogP contribution in [0.3, 0.4) is 0 Å². The van der Waals surface area contributed by atoms with Crippen molar-refractivity contribution in [2.24, 2.45) is 7.05 Å². The van der Waals surface area contributed by atoms with E-state index in [0.717, 1.165) is 37.8 Å². The van der Waals surface area contributed by atoms with Gasteiger partial charge in [-0.1, -0.05) is 6.92 Å². The van der Waals surface area contributed by atoms with Crippen LogP contribution in [0.25, 0.3) is 0 Å². The second kappa shape index (κ2) is 7.72. The van der Waals surface area contributed by atoms with Gasteiger partial charge in [-0.25, -0.2) is 4.98 Å². The summed E-state index contributed by atoms with van der Waals surface area (Å²) in [6.45, 7) is 11.9. The van der Waals surface area contributed by atoms with Crippen LogP contribution in [0, 0.1) is 13.8 Å². The van der Waals surface area contributed by atoms with E-state index >= 15 is 0 Å². The zero-order valence-corrected chi connectivity index (χ0v) is 16.0. The topological polar surface area (TPSA) is 55.5 Å². The summed E-state index contributed by atoms with van der Waals surface area (Å²) in [6.07, 6.45) is 3.92. The number of morpholine rings is 1. The first kappa shape index (κ1) is 18.2. The predicted octanol–water partition coefficient (Wildman–Crippen LogP) is 2.74. The Morgan fingerprint density at radius 1 is 1.40 bits per heavy atom. The van der Waals surface area contributed by atoms with Gasteiger partial charge in [-0.15, -0.1) is 0 Å². The third kappa shape index (κ3) is 3.81. The maximum absolute atomic E-state index is 6.15. The Morgan fingerprint density at radius 3 is 2.80 bits per heavy atom. The molecule has 0 aromatic carbocycles. The summed E-state index contributed by atoms with van der Waals surface area (Å²) in [5.41, 5.74) is 2.43. The minimum Gasteiger partial charge on any atom is -0.466 e. The number of rotatable bonds is 6. The number of hydrogen-bond acceptors (Lipinski definition) is 5. The van der Waals surface area contributed by atoms with E-state index in [1.54, 1.807) is 0 Å². The molecule has 6 heteroatoms. The minimum absolute atomic E-state index is 0.0971. The molecule has 3 atom stereocenters. The molecule has 0 saturated carbocycles. The van der Waals surface area contributed by atoms with Gasteiger partial charge in [0.05, 0.1) is 30.8 Å². The van der Waals surface area contributed by atoms with Crippen LogP contribution in [0.1, 0.15) is 48.7 Å². The Morgan fingerprint density at radius 2 is 2.20 bits per heavy atom. The number of imidazole rings is 1. The van der Waals surface area contributed by atoms with Crippen molar-refractivity contribution in [1.82, 2.24) is 19.8 Å². The monoisotopic (exact) mass is 346 g/mol. The van der Waals surface area contributed by atoms with Crippen molar-refractivity contribution < 1.29 is 9.15 Å². The number of nitrogens with zero attached hydrogens (tertiary/aromatic N) is 3. The van der Waals surface area contributed by atoms with E-state index in [1.165, 1.54) is 11.3 Å². The summed E-state index contributed by atoms with van der Waals surface area (Å²) in [7, 11) is 2.05. The molecule has 25 heavy (non-hydrogen) atoms. The number of aryl methyl sites for hydroxylation is 3. The number of hydrogen-bond donors (Lipinski definition) is 1. The van der Waals surface area contributed by atoms with Gasteiger partial charge in [0.15, 0.2) is 0 Å². The third-order valence-corrected chi connectivity index (χ3v) is 5.19. The van der Waals surface area contributed by atoms with Crippen molar-refractivity contribution in [3.63, 3.8) is 0 Å². The van der Waals surface area contributed by atoms with Crippen molar-refractivity contribution in [3.05, 3.63) is 41.4 Å². The summed E-state index contributed by atoms with van der Waals surface area (Å²) < 4.78 is 13.9. The zero-order chi connectivity index (χ0) is 18.0. The van der Waals surface area contributed by atoms with E-state index in [4.69, 9.17) is 9.15 Å². The van der Waals surface area contributed by atoms with Gasteiger partial charge in [0.2, 0.25) is 0 Å². The molecular formula is C19H30N4O2. The minimum atomic E-state index is 0.0971. The molecule has 3 rings (SSSR count). The molecule has 0 radical (unpaired) electrons. The largest absolute Gasteiger partial charge is 0.466 e. The van der Waals surface area contributed by atoms with Gasteiger partial charge < -0.3 is 19.0 Å². The first-order chi connectivity index (χ1) is 12.0. The van der Waals surface area contributed by atoms with E-state index in [9.17, 15) is 0 Å². The van der Waals surface area contributed by atoms with Gasteiger partial charge in [-0.05, 0) is 33.4 Å². The van der Waals surface area contributed by atoms with Crippen molar-refractivity contribution in [2.45, 2.75) is 45.9 Å². The highest BCUT2D eigenvalue weighted by Gasteiger charge is 2.34. The average molecular weight is 346 g/mol. The molecular weight excluding hydrogens is 316 g/mol. The van der Waals surface area contributed by atoms with Crippen LogP contribution in [0.2, 0.25) is 0 Å². The average Bonchev–Trinajstić information content (AvgIpc) is 3.16. The normalized spacial score (nSPS) is 23.1. The summed E-state index contributed by atoms with van der Waals surface area (Å²) in [5, 5.41) is 3.64. The molecule has 0 bridgehead atoms. The molecule has 0 aliphatic carbocycles. The van der Waals surface area contributed by atoms with Gasteiger partial charge >= 0.3 is 0 Å². The fraction of sp³-hybridized carbons (Fsp3) is 0.632. The van der Waals surface area contributed by atoms with E-state index in [0.29, 0.717) is 0 Å². The molecule has 6 nitrogen and oxygen atoms in total. The van der Waals surface area contributed by atoms with E-state index in [2.05, 4.69) is 46.7 Å². The number of furan rings is 1. The van der Waals surface area contributed by atoms with Crippen molar-refractivity contribution in [3.8, 4) is 0 Å². The third-order valence-electron chi connectivity index (χ3n) is 5.19. The fourth-order valence-electron chi connectivity index (χ4n) is 3.83. The standard InChI is InChI=1S/C19H30N4O2/c1-6-23-7-8-24-18(19(23)17-10-20-12-22(17)5)11-21-14(3)16-9-13(2)25-15(16)4/h9-10,12,14,18-19,21H,6-8,11H2,1-5H3/t14?,18-,19-/m0/s1. The molecule has 1 N–H and O–H groups in total. The highest BCUT2D eigenvalue weighted by atomic mass is 16.5. The Kier molecular flexibility index (Phi) is 5.61. The molecule has 1 aliphatic heterocycles. The van der Waals surface area contributed by atoms with Crippen LogP contribution < -0.4 is 5.32 Å². The molecule has 1 unspecified atom stereocenters. The Bertz CT molecular complexity index is 693. The summed E-state index contributed by atoms with van der Waals surface area (Å²) in [4.78, 5) is 6.78. The van der Waals surface area contributed by atoms with Crippen molar-refractivity contribution in [2.75, 3.05) is 26.2 Å². The molecule has 0 spiro atoms. The molecule has 1 saturated heterocycles. The molecule has 2 aromatic heterocycles. The Hall–Kier alpha value is -1.63. The quantitative estimate of drug-likeness (QED) is 0.872. The lowest BCUT2D eigenvalue weighted by molar-refractivity contribution is -0.0722. The summed E-state index contributed by atoms with van der Waals surface area (Å²) in [6, 6.07) is 2.56. The Balaban J connectivity index is 1.73. The van der Waals surface area contributed by atoms with Gasteiger partial charge in [0.25, 0.3) is 0 Å². The highest BCUT2D eigenvalue weighted by Crippen LogP contribution is 2.29. The van der Waals surface area contributed by atoms with Crippen molar-refractivity contribution >= 4 is 0 Å². The maximum atomic E-state index is 6.15. The number of ether oxygens (including phenoxy) is 1. The first-order valence-electron chi connectivity index (χ1n) is 9.13. The maximum Gasteiger partial charge on any atom is 0.105 e. The van der Waals surface area contributed by atoms with E-state index in [-0.39, 0.29) is 18.2 Å². The van der Waals surface area contributed by atoms with Crippen LogP contribution in [0.5, 0.6) is 0 Å². The second-order valence-corrected chi connectivity index (χ2v) is 6.91. The van der Waals surface area contributed by atoms with Crippen LogP contribution >= 0.6 is 0 Å². The summed E-state index contributed by atoms with van der Waals surface area (Å²) in [5.74, 6) is 1.94. The molecule has 1 fully saturated rings.